The van der Waals surface area contributed by atoms with Gasteiger partial charge < -0.3 is 131 Å². The summed E-state index contributed by atoms with van der Waals surface area (Å²) in [4.78, 5) is 14.8. The van der Waals surface area contributed by atoms with Crippen LogP contribution in [0.25, 0.3) is 0 Å². The van der Waals surface area contributed by atoms with Crippen LogP contribution in [-0.4, -0.2) is 362 Å². The minimum absolute atomic E-state index is 0.165. The predicted octanol–water partition coefficient (Wildman–Crippen LogP) is 8.35. The lowest BCUT2D eigenvalue weighted by Crippen LogP contribution is -2.44. The highest BCUT2D eigenvalue weighted by Crippen LogP contribution is 2.19. The Morgan fingerprint density at radius 2 is 0.385 bits per heavy atom. The summed E-state index contributed by atoms with van der Waals surface area (Å²) in [6, 6.07) is 1.31. The Balaban J connectivity index is 3.29. The third kappa shape index (κ3) is 76.2. The molecule has 0 aromatic carbocycles. The van der Waals surface area contributed by atoms with Crippen molar-refractivity contribution in [3.05, 3.63) is 0 Å². The van der Waals surface area contributed by atoms with Crippen LogP contribution in [0.5, 0.6) is 0 Å². The first kappa shape index (κ1) is 103. The van der Waals surface area contributed by atoms with Crippen LogP contribution < -0.4 is 0 Å². The van der Waals surface area contributed by atoms with Crippen LogP contribution in [0.15, 0.2) is 0 Å². The van der Waals surface area contributed by atoms with Crippen molar-refractivity contribution in [1.82, 2.24) is 4.90 Å². The highest BCUT2D eigenvalue weighted by Gasteiger charge is 2.38. The minimum atomic E-state index is -2.70. The normalized spacial score (nSPS) is 12.2. The first-order chi connectivity index (χ1) is 51.4. The molecule has 624 valence electrons. The fraction of sp³-hybridized carbons (Fsp3) is 0.986. The fourth-order valence-electron chi connectivity index (χ4n) is 10.1. The van der Waals surface area contributed by atoms with Gasteiger partial charge in [0.2, 0.25) is 0 Å². The topological polar surface area (TPSA) is 270 Å². The van der Waals surface area contributed by atoms with Gasteiger partial charge in [0.05, 0.1) is 264 Å². The zero-order chi connectivity index (χ0) is 75.2. The minimum Gasteiger partial charge on any atom is -0.463 e. The molecular weight excluding hydrogens is 1390 g/mol. The fourth-order valence-corrected chi connectivity index (χ4v) is 13.5. The zero-order valence-electron chi connectivity index (χ0n) is 66.3. The van der Waals surface area contributed by atoms with E-state index in [4.69, 9.17) is 126 Å². The SMILES string of the molecule is CCCCCCCCCCCCCCCCCCOCCOCCOCCOCCOCCOCCOCCOCCOCCOCCOCCOCCOCCOCCOCCOCCOCCOCCOCCOCCOC(=O)CCN(CCC[Si](OC)(OC)OC)CCC[Si](OC)(OC)OC. The maximum absolute atomic E-state index is 12.6. The molecule has 0 aliphatic heterocycles. The number of hydrogen-bond donors (Lipinski definition) is 0. The number of unbranched alkanes of at least 4 members (excludes halogenated alkanes) is 15. The number of carbonyl (C=O) groups excluding carboxylic acids is 1. The van der Waals surface area contributed by atoms with Crippen LogP contribution in [0, 0.1) is 0 Å². The molecule has 0 aromatic heterocycles. The summed E-state index contributed by atoms with van der Waals surface area (Å²) in [5, 5.41) is 0. The van der Waals surface area contributed by atoms with Crippen molar-refractivity contribution in [2.45, 2.75) is 141 Å². The average Bonchev–Trinajstić information content (AvgIpc) is 0.919. The first-order valence-electron chi connectivity index (χ1n) is 39.1. The van der Waals surface area contributed by atoms with Crippen molar-refractivity contribution in [3.63, 3.8) is 0 Å². The summed E-state index contributed by atoms with van der Waals surface area (Å²) in [5.41, 5.74) is 0. The number of carbonyl (C=O) groups is 1. The molecule has 0 amide bonds. The Morgan fingerprint density at radius 1 is 0.212 bits per heavy atom. The van der Waals surface area contributed by atoms with Crippen LogP contribution in [-0.2, 0) is 131 Å². The molecule has 0 aliphatic rings. The second-order valence-corrected chi connectivity index (χ2v) is 30.3. The summed E-state index contributed by atoms with van der Waals surface area (Å²) < 4.78 is 150. The summed E-state index contributed by atoms with van der Waals surface area (Å²) in [6.07, 6.45) is 23.9. The van der Waals surface area contributed by atoms with Crippen molar-refractivity contribution in [3.8, 4) is 0 Å². The van der Waals surface area contributed by atoms with Crippen LogP contribution in [0.4, 0.5) is 0 Å². The van der Waals surface area contributed by atoms with E-state index in [-0.39, 0.29) is 25.6 Å². The lowest BCUT2D eigenvalue weighted by molar-refractivity contribution is -0.145. The van der Waals surface area contributed by atoms with Gasteiger partial charge >= 0.3 is 23.6 Å². The molecule has 0 rings (SSSR count). The second-order valence-electron chi connectivity index (χ2n) is 24.2. The second kappa shape index (κ2) is 87.4. The van der Waals surface area contributed by atoms with Gasteiger partial charge in [-0.2, -0.15) is 0 Å². The first-order valence-corrected chi connectivity index (χ1v) is 43.0. The molecule has 104 heavy (non-hydrogen) atoms. The molecule has 0 saturated heterocycles. The Bertz CT molecular complexity index is 1590. The van der Waals surface area contributed by atoms with Crippen molar-refractivity contribution in [2.24, 2.45) is 0 Å². The molecule has 0 N–H and O–H groups in total. The monoisotopic (exact) mass is 1550 g/mol. The zero-order valence-corrected chi connectivity index (χ0v) is 68.3. The van der Waals surface area contributed by atoms with Gasteiger partial charge in [0, 0.05) is 67.9 Å². The smallest absolute Gasteiger partial charge is 0.463 e. The molecule has 0 saturated carbocycles. The molecule has 0 aliphatic carbocycles. The third-order valence-electron chi connectivity index (χ3n) is 16.1. The molecular formula is C73H151NO28Si2. The van der Waals surface area contributed by atoms with Crippen molar-refractivity contribution in [1.29, 1.82) is 0 Å². The summed E-state index contributed by atoms with van der Waals surface area (Å²) in [7, 11) is 4.22. The molecule has 0 atom stereocenters. The van der Waals surface area contributed by atoms with Crippen LogP contribution in [0.3, 0.4) is 0 Å². The van der Waals surface area contributed by atoms with Gasteiger partial charge in [-0.3, -0.25) is 4.79 Å². The average molecular weight is 1550 g/mol. The van der Waals surface area contributed by atoms with E-state index in [9.17, 15) is 4.79 Å². The van der Waals surface area contributed by atoms with Gasteiger partial charge in [0.25, 0.3) is 0 Å². The van der Waals surface area contributed by atoms with Crippen molar-refractivity contribution < 1.29 is 131 Å². The van der Waals surface area contributed by atoms with Gasteiger partial charge in [0.1, 0.15) is 6.61 Å². The molecule has 0 spiro atoms. The Labute approximate surface area is 631 Å². The lowest BCUT2D eigenvalue weighted by Gasteiger charge is -2.28. The van der Waals surface area contributed by atoms with E-state index in [0.717, 1.165) is 39.0 Å². The molecule has 0 fully saturated rings. The molecule has 0 heterocycles. The van der Waals surface area contributed by atoms with Crippen molar-refractivity contribution in [2.75, 3.05) is 333 Å². The number of nitrogens with zero attached hydrogens (tertiary/aromatic N) is 1. The van der Waals surface area contributed by atoms with Crippen LogP contribution in [0.2, 0.25) is 12.1 Å². The highest BCUT2D eigenvalue weighted by atomic mass is 28.4. The van der Waals surface area contributed by atoms with E-state index < -0.39 is 17.6 Å². The van der Waals surface area contributed by atoms with E-state index in [1.54, 1.807) is 42.7 Å². The Hall–Kier alpha value is -1.18. The van der Waals surface area contributed by atoms with Gasteiger partial charge in [-0.25, -0.2) is 0 Å². The maximum atomic E-state index is 12.6. The van der Waals surface area contributed by atoms with E-state index in [2.05, 4.69) is 11.8 Å². The van der Waals surface area contributed by atoms with Gasteiger partial charge in [-0.15, -0.1) is 0 Å². The summed E-state index contributed by atoms with van der Waals surface area (Å²) in [6.45, 7) is 24.1. The molecule has 29 nitrogen and oxygen atoms in total. The lowest BCUT2D eigenvalue weighted by atomic mass is 10.0. The highest BCUT2D eigenvalue weighted by molar-refractivity contribution is 6.60. The molecule has 31 heteroatoms. The maximum Gasteiger partial charge on any atom is 0.500 e. The quantitative estimate of drug-likeness (QED) is 0.0314. The number of rotatable bonds is 94. The summed E-state index contributed by atoms with van der Waals surface area (Å²) in [5.74, 6) is -0.288. The number of esters is 1. The van der Waals surface area contributed by atoms with Gasteiger partial charge in [-0.1, -0.05) is 103 Å². The van der Waals surface area contributed by atoms with E-state index >= 15 is 0 Å². The molecule has 0 bridgehead atoms. The van der Waals surface area contributed by atoms with E-state index in [1.807, 2.05) is 0 Å². The van der Waals surface area contributed by atoms with E-state index in [1.165, 1.54) is 96.3 Å². The standard InChI is InChI=1S/C73H151NO28Si2/c1-8-9-10-11-12-13-14-15-16-17-18-19-20-21-22-23-30-82-31-32-83-33-34-84-35-36-85-37-38-86-39-40-87-41-42-88-43-44-89-45-46-90-47-48-91-49-50-92-51-52-93-53-54-94-55-56-95-57-58-96-59-60-97-61-62-98-63-64-99-65-66-100-67-68-101-69-70-102-73(75)26-29-74(27-24-71-103(76-2,77-3)78-4)28-25-72-104(79-5,80-6)81-7/h8-72H2,1-7H3. The largest absolute Gasteiger partial charge is 0.500 e. The Morgan fingerprint density at radius 3 is 0.577 bits per heavy atom. The number of ether oxygens (including phenoxy) is 21. The van der Waals surface area contributed by atoms with Gasteiger partial charge in [-0.05, 0) is 32.4 Å². The van der Waals surface area contributed by atoms with Crippen LogP contribution in [0.1, 0.15) is 129 Å². The molecule has 0 aromatic rings. The van der Waals surface area contributed by atoms with E-state index in [0.29, 0.717) is 270 Å². The molecule has 0 unspecified atom stereocenters. The van der Waals surface area contributed by atoms with Gasteiger partial charge in [0.15, 0.2) is 0 Å². The predicted molar refractivity (Wildman–Crippen MR) is 400 cm³/mol. The third-order valence-corrected chi connectivity index (χ3v) is 21.8. The van der Waals surface area contributed by atoms with Crippen LogP contribution >= 0.6 is 0 Å². The Kier molecular flexibility index (Phi) is 86.4. The number of hydrogen-bond acceptors (Lipinski definition) is 29. The van der Waals surface area contributed by atoms with Crippen molar-refractivity contribution >= 4 is 23.6 Å². The molecule has 0 radical (unpaired) electrons. The summed E-state index contributed by atoms with van der Waals surface area (Å²) >= 11 is 0.